The van der Waals surface area contributed by atoms with E-state index in [9.17, 15) is 4.79 Å². The van der Waals surface area contributed by atoms with Gasteiger partial charge in [0.25, 0.3) is 0 Å². The van der Waals surface area contributed by atoms with Crippen molar-refractivity contribution < 1.29 is 4.79 Å². The van der Waals surface area contributed by atoms with E-state index in [1.807, 2.05) is 24.1 Å². The second-order valence-corrected chi connectivity index (χ2v) is 7.91. The quantitative estimate of drug-likeness (QED) is 0.807. The van der Waals surface area contributed by atoms with Gasteiger partial charge >= 0.3 is 0 Å². The fraction of sp³-hybridized carbons (Fsp3) is 0.556. The monoisotopic (exact) mass is 365 g/mol. The average Bonchev–Trinajstić information content (AvgIpc) is 2.77. The smallest absolute Gasteiger partial charge is 0.248 e. The van der Waals surface area contributed by atoms with Crippen LogP contribution in [0.5, 0.6) is 0 Å². The van der Waals surface area contributed by atoms with Crippen molar-refractivity contribution in [3.63, 3.8) is 0 Å². The van der Waals surface area contributed by atoms with Crippen LogP contribution in [0.15, 0.2) is 29.3 Å². The second-order valence-electron chi connectivity index (χ2n) is 6.49. The summed E-state index contributed by atoms with van der Waals surface area (Å²) in [5.41, 5.74) is 0.775. The van der Waals surface area contributed by atoms with Crippen molar-refractivity contribution in [3.05, 3.63) is 29.3 Å². The van der Waals surface area contributed by atoms with E-state index in [1.165, 1.54) is 38.5 Å². The number of carbonyl (C=O) groups is 1. The van der Waals surface area contributed by atoms with E-state index in [0.29, 0.717) is 11.1 Å². The lowest BCUT2D eigenvalue weighted by Gasteiger charge is -2.21. The number of rotatable bonds is 3. The molecule has 2 fully saturated rings. The van der Waals surface area contributed by atoms with Crippen molar-refractivity contribution in [3.8, 4) is 0 Å². The van der Waals surface area contributed by atoms with E-state index in [2.05, 4.69) is 5.32 Å². The molecule has 1 unspecified atom stereocenters. The van der Waals surface area contributed by atoms with Crippen molar-refractivity contribution >= 4 is 40.1 Å². The van der Waals surface area contributed by atoms with Gasteiger partial charge in [-0.1, -0.05) is 49.0 Å². The summed E-state index contributed by atoms with van der Waals surface area (Å²) in [5, 5.41) is 4.65. The Labute approximate surface area is 153 Å². The molecule has 0 radical (unpaired) electrons. The van der Waals surface area contributed by atoms with Crippen LogP contribution in [0.2, 0.25) is 5.02 Å². The Kier molecular flexibility index (Phi) is 6.06. The van der Waals surface area contributed by atoms with E-state index >= 15 is 0 Å². The molecule has 24 heavy (non-hydrogen) atoms. The molecular weight excluding hydrogens is 342 g/mol. The Morgan fingerprint density at radius 3 is 2.54 bits per heavy atom. The number of nitrogens with one attached hydrogen (secondary N) is 1. The normalized spacial score (nSPS) is 24.2. The molecule has 1 aromatic carbocycles. The number of benzene rings is 1. The number of likely N-dealkylation sites (N-methyl/N-ethyl adjacent to an activating group) is 1. The van der Waals surface area contributed by atoms with E-state index in [1.54, 1.807) is 23.9 Å². The molecule has 1 aliphatic carbocycles. The molecule has 1 atom stereocenters. The van der Waals surface area contributed by atoms with Crippen LogP contribution in [0.3, 0.4) is 0 Å². The molecule has 1 amide bonds. The number of amides is 1. The van der Waals surface area contributed by atoms with Crippen LogP contribution in [-0.2, 0) is 4.79 Å². The molecule has 3 rings (SSSR count). The van der Waals surface area contributed by atoms with Gasteiger partial charge in [0, 0.05) is 23.5 Å². The van der Waals surface area contributed by atoms with Gasteiger partial charge in [0.15, 0.2) is 5.17 Å². The first-order valence-corrected chi connectivity index (χ1v) is 10.00. The summed E-state index contributed by atoms with van der Waals surface area (Å²) in [6, 6.07) is 7.46. The number of carbonyl (C=O) groups excluding carboxylic acids is 1. The Morgan fingerprint density at radius 2 is 1.88 bits per heavy atom. The predicted octanol–water partition coefficient (Wildman–Crippen LogP) is 4.40. The largest absolute Gasteiger partial charge is 0.342 e. The van der Waals surface area contributed by atoms with Gasteiger partial charge in [-0.2, -0.15) is 0 Å². The third-order valence-electron chi connectivity index (χ3n) is 4.67. The first-order valence-electron chi connectivity index (χ1n) is 8.63. The summed E-state index contributed by atoms with van der Waals surface area (Å²) in [7, 11) is 1.97. The number of amidine groups is 1. The van der Waals surface area contributed by atoms with Gasteiger partial charge in [0.1, 0.15) is 6.04 Å². The third kappa shape index (κ3) is 4.45. The highest BCUT2D eigenvalue weighted by atomic mass is 35.5. The number of hydrogen-bond acceptors (Lipinski definition) is 3. The molecule has 1 N–H and O–H groups in total. The highest BCUT2D eigenvalue weighted by Crippen LogP contribution is 2.27. The van der Waals surface area contributed by atoms with Crippen molar-refractivity contribution in [1.29, 1.82) is 0 Å². The summed E-state index contributed by atoms with van der Waals surface area (Å²) < 4.78 is 0. The lowest BCUT2D eigenvalue weighted by atomic mass is 10.1. The molecule has 6 heteroatoms. The summed E-state index contributed by atoms with van der Waals surface area (Å²) >= 11 is 7.58. The fourth-order valence-electron chi connectivity index (χ4n) is 3.18. The maximum atomic E-state index is 12.5. The van der Waals surface area contributed by atoms with Crippen LogP contribution in [0.25, 0.3) is 0 Å². The highest BCUT2D eigenvalue weighted by molar-refractivity contribution is 8.14. The molecular formula is C18H24ClN3OS. The van der Waals surface area contributed by atoms with Crippen molar-refractivity contribution in [2.45, 2.75) is 50.6 Å². The molecule has 130 valence electrons. The van der Waals surface area contributed by atoms with Gasteiger partial charge in [-0.15, -0.1) is 0 Å². The Morgan fingerprint density at radius 1 is 1.21 bits per heavy atom. The van der Waals surface area contributed by atoms with Gasteiger partial charge in [0.05, 0.1) is 6.04 Å². The van der Waals surface area contributed by atoms with Gasteiger partial charge < -0.3 is 10.2 Å². The minimum Gasteiger partial charge on any atom is -0.342 e. The summed E-state index contributed by atoms with van der Waals surface area (Å²) in [5.74, 6) is 0.764. The van der Waals surface area contributed by atoms with Crippen LogP contribution in [0.1, 0.15) is 38.5 Å². The molecule has 2 aliphatic rings. The van der Waals surface area contributed by atoms with Gasteiger partial charge in [0.2, 0.25) is 5.91 Å². The number of nitrogens with zero attached hydrogens (tertiary/aromatic N) is 2. The molecule has 0 bridgehead atoms. The average molecular weight is 366 g/mol. The zero-order valence-electron chi connectivity index (χ0n) is 14.0. The minimum absolute atomic E-state index is 0.0124. The predicted molar refractivity (Wildman–Crippen MR) is 103 cm³/mol. The van der Waals surface area contributed by atoms with E-state index in [0.717, 1.165) is 16.6 Å². The molecule has 1 aromatic rings. The fourth-order valence-corrected chi connectivity index (χ4v) is 4.54. The molecule has 0 aromatic heterocycles. The highest BCUT2D eigenvalue weighted by Gasteiger charge is 2.33. The third-order valence-corrected chi connectivity index (χ3v) is 6.06. The van der Waals surface area contributed by atoms with Crippen LogP contribution < -0.4 is 5.32 Å². The molecule has 0 spiro atoms. The molecule has 1 saturated carbocycles. The maximum absolute atomic E-state index is 12.5. The summed E-state index contributed by atoms with van der Waals surface area (Å²) in [6.45, 7) is 0. The van der Waals surface area contributed by atoms with Crippen LogP contribution in [-0.4, -0.2) is 40.9 Å². The van der Waals surface area contributed by atoms with Crippen molar-refractivity contribution in [2.75, 3.05) is 18.1 Å². The van der Waals surface area contributed by atoms with Crippen LogP contribution in [0, 0.1) is 0 Å². The van der Waals surface area contributed by atoms with E-state index in [-0.39, 0.29) is 11.9 Å². The van der Waals surface area contributed by atoms with Gasteiger partial charge in [-0.3, -0.25) is 9.79 Å². The molecule has 1 aliphatic heterocycles. The molecule has 1 saturated heterocycles. The van der Waals surface area contributed by atoms with Crippen LogP contribution in [0.4, 0.5) is 5.69 Å². The number of anilines is 1. The lowest BCUT2D eigenvalue weighted by molar-refractivity contribution is -0.118. The Bertz CT molecular complexity index is 597. The second kappa shape index (κ2) is 8.26. The SMILES string of the molecule is CN1C(=NC2CCCCCC2)SCC1C(=O)Nc1ccc(Cl)cc1. The van der Waals surface area contributed by atoms with Crippen molar-refractivity contribution in [1.82, 2.24) is 4.90 Å². The standard InChI is InChI=1S/C18H24ClN3OS/c1-22-16(17(23)20-15-10-8-13(19)9-11-15)12-24-18(22)21-14-6-4-2-3-5-7-14/h8-11,14,16H,2-7,12H2,1H3,(H,20,23). The summed E-state index contributed by atoms with van der Waals surface area (Å²) in [6.07, 6.45) is 7.57. The number of halogens is 1. The van der Waals surface area contributed by atoms with E-state index < -0.39 is 0 Å². The topological polar surface area (TPSA) is 44.7 Å². The van der Waals surface area contributed by atoms with Crippen LogP contribution >= 0.6 is 23.4 Å². The molecule has 1 heterocycles. The Balaban J connectivity index is 1.61. The van der Waals surface area contributed by atoms with Crippen molar-refractivity contribution in [2.24, 2.45) is 4.99 Å². The number of hydrogen-bond donors (Lipinski definition) is 1. The zero-order valence-corrected chi connectivity index (χ0v) is 15.6. The summed E-state index contributed by atoms with van der Waals surface area (Å²) in [4.78, 5) is 19.5. The lowest BCUT2D eigenvalue weighted by Crippen LogP contribution is -2.40. The molecule has 4 nitrogen and oxygen atoms in total. The minimum atomic E-state index is -0.171. The maximum Gasteiger partial charge on any atom is 0.248 e. The van der Waals surface area contributed by atoms with E-state index in [4.69, 9.17) is 16.6 Å². The first-order chi connectivity index (χ1) is 11.6. The van der Waals surface area contributed by atoms with Gasteiger partial charge in [-0.25, -0.2) is 0 Å². The zero-order chi connectivity index (χ0) is 16.9. The number of thioether (sulfide) groups is 1. The van der Waals surface area contributed by atoms with Gasteiger partial charge in [-0.05, 0) is 37.1 Å². The Hall–Kier alpha value is -1.20. The number of aliphatic imine (C=N–C) groups is 1. The first kappa shape index (κ1) is 17.6.